The van der Waals surface area contributed by atoms with Crippen molar-refractivity contribution in [1.29, 1.82) is 0 Å². The maximum atomic E-state index is 11.0. The molecule has 1 aromatic carbocycles. The maximum Gasteiger partial charge on any atom is 0.273 e. The van der Waals surface area contributed by atoms with Gasteiger partial charge in [-0.25, -0.2) is 4.98 Å². The predicted octanol–water partition coefficient (Wildman–Crippen LogP) is 1.96. The smallest absolute Gasteiger partial charge is 0.273 e. The molecule has 0 atom stereocenters. The summed E-state index contributed by atoms with van der Waals surface area (Å²) in [5, 5.41) is 11.0. The number of nitro benzene ring substituents is 1. The first kappa shape index (κ1) is 15.4. The third-order valence-corrected chi connectivity index (χ3v) is 3.64. The summed E-state index contributed by atoms with van der Waals surface area (Å²) in [5.41, 5.74) is 0.629. The van der Waals surface area contributed by atoms with Crippen LogP contribution in [0, 0.1) is 10.1 Å². The van der Waals surface area contributed by atoms with Crippen molar-refractivity contribution < 1.29 is 18.8 Å². The van der Waals surface area contributed by atoms with Crippen LogP contribution in [0.2, 0.25) is 0 Å². The van der Waals surface area contributed by atoms with Gasteiger partial charge in [0.05, 0.1) is 36.0 Å². The molecule has 3 rings (SSSR count). The highest BCUT2D eigenvalue weighted by Gasteiger charge is 2.16. The van der Waals surface area contributed by atoms with Crippen molar-refractivity contribution in [2.75, 3.05) is 39.5 Å². The normalized spacial score (nSPS) is 15.5. The Labute approximate surface area is 132 Å². The molecule has 8 heteroatoms. The molecule has 0 spiro atoms. The van der Waals surface area contributed by atoms with Crippen LogP contribution in [0.15, 0.2) is 35.2 Å². The van der Waals surface area contributed by atoms with Crippen LogP contribution in [0.5, 0.6) is 5.75 Å². The molecule has 122 valence electrons. The van der Waals surface area contributed by atoms with Gasteiger partial charge < -0.3 is 13.9 Å². The lowest BCUT2D eigenvalue weighted by Crippen LogP contribution is -2.38. The van der Waals surface area contributed by atoms with Gasteiger partial charge in [-0.1, -0.05) is 0 Å². The fourth-order valence-corrected chi connectivity index (χ4v) is 2.41. The second-order valence-electron chi connectivity index (χ2n) is 5.11. The highest BCUT2D eigenvalue weighted by atomic mass is 16.6. The number of morpholine rings is 1. The molecule has 1 saturated heterocycles. The summed E-state index contributed by atoms with van der Waals surface area (Å²) in [5.74, 6) is 0.936. The van der Waals surface area contributed by atoms with E-state index in [9.17, 15) is 10.1 Å². The van der Waals surface area contributed by atoms with Crippen LogP contribution < -0.4 is 4.74 Å². The number of nitrogens with zero attached hydrogens (tertiary/aromatic N) is 3. The van der Waals surface area contributed by atoms with Crippen molar-refractivity contribution in [3.63, 3.8) is 0 Å². The number of aromatic nitrogens is 1. The highest BCUT2D eigenvalue weighted by molar-refractivity contribution is 5.67. The summed E-state index contributed by atoms with van der Waals surface area (Å²) in [7, 11) is 0. The lowest BCUT2D eigenvalue weighted by molar-refractivity contribution is -0.384. The fourth-order valence-electron chi connectivity index (χ4n) is 2.41. The first-order valence-electron chi connectivity index (χ1n) is 7.34. The van der Waals surface area contributed by atoms with Crippen molar-refractivity contribution in [1.82, 2.24) is 9.88 Å². The molecule has 2 heterocycles. The Morgan fingerprint density at radius 1 is 1.35 bits per heavy atom. The molecule has 0 amide bonds. The Bertz CT molecular complexity index is 653. The predicted molar refractivity (Wildman–Crippen MR) is 81.3 cm³/mol. The summed E-state index contributed by atoms with van der Waals surface area (Å²) in [6.45, 7) is 4.35. The van der Waals surface area contributed by atoms with Gasteiger partial charge in [-0.3, -0.25) is 15.0 Å². The van der Waals surface area contributed by atoms with Gasteiger partial charge in [0.25, 0.3) is 5.69 Å². The average molecular weight is 319 g/mol. The molecule has 0 N–H and O–H groups in total. The van der Waals surface area contributed by atoms with E-state index >= 15 is 0 Å². The fraction of sp³-hybridized carbons (Fsp3) is 0.400. The first-order chi connectivity index (χ1) is 11.2. The van der Waals surface area contributed by atoms with E-state index in [1.807, 2.05) is 0 Å². The van der Waals surface area contributed by atoms with E-state index < -0.39 is 4.92 Å². The van der Waals surface area contributed by atoms with Gasteiger partial charge in [-0.15, -0.1) is 0 Å². The van der Waals surface area contributed by atoms with E-state index in [4.69, 9.17) is 13.9 Å². The molecule has 0 unspecified atom stereocenters. The number of oxazole rings is 1. The monoisotopic (exact) mass is 319 g/mol. The number of non-ortho nitro benzene ring substituents is 1. The van der Waals surface area contributed by atoms with Gasteiger partial charge in [0, 0.05) is 25.7 Å². The quantitative estimate of drug-likeness (QED) is 0.593. The van der Waals surface area contributed by atoms with E-state index in [0.717, 1.165) is 32.8 Å². The second kappa shape index (κ2) is 7.21. The Balaban J connectivity index is 1.72. The van der Waals surface area contributed by atoms with Gasteiger partial charge in [0.15, 0.2) is 12.2 Å². The summed E-state index contributed by atoms with van der Waals surface area (Å²) in [6, 6.07) is 4.45. The minimum absolute atomic E-state index is 0.0189. The summed E-state index contributed by atoms with van der Waals surface area (Å²) < 4.78 is 16.3. The standard InChI is InChI=1S/C15H17N3O5/c19-18(20)12-1-2-13(15-10-16-11-23-15)14(9-12)22-8-5-17-3-6-21-7-4-17/h1-2,9-11H,3-8H2. The molecule has 1 fully saturated rings. The van der Waals surface area contributed by atoms with E-state index in [1.54, 1.807) is 12.3 Å². The zero-order valence-corrected chi connectivity index (χ0v) is 12.5. The first-order valence-corrected chi connectivity index (χ1v) is 7.34. The molecular formula is C15H17N3O5. The molecule has 1 aromatic heterocycles. The van der Waals surface area contributed by atoms with Crippen LogP contribution in [0.1, 0.15) is 0 Å². The number of nitro groups is 1. The van der Waals surface area contributed by atoms with Crippen LogP contribution in [-0.2, 0) is 4.74 Å². The number of rotatable bonds is 6. The largest absolute Gasteiger partial charge is 0.491 e. The molecular weight excluding hydrogens is 302 g/mol. The maximum absolute atomic E-state index is 11.0. The zero-order valence-electron chi connectivity index (χ0n) is 12.5. The Hall–Kier alpha value is -2.45. The van der Waals surface area contributed by atoms with Crippen LogP contribution in [-0.4, -0.2) is 54.3 Å². The Morgan fingerprint density at radius 3 is 2.87 bits per heavy atom. The zero-order chi connectivity index (χ0) is 16.1. The molecule has 8 nitrogen and oxygen atoms in total. The third kappa shape index (κ3) is 3.85. The van der Waals surface area contributed by atoms with Gasteiger partial charge in [-0.05, 0) is 6.07 Å². The van der Waals surface area contributed by atoms with Crippen molar-refractivity contribution in [3.8, 4) is 17.1 Å². The van der Waals surface area contributed by atoms with Crippen LogP contribution in [0.25, 0.3) is 11.3 Å². The van der Waals surface area contributed by atoms with Gasteiger partial charge >= 0.3 is 0 Å². The lowest BCUT2D eigenvalue weighted by Gasteiger charge is -2.26. The Morgan fingerprint density at radius 2 is 2.17 bits per heavy atom. The van der Waals surface area contributed by atoms with Crippen molar-refractivity contribution >= 4 is 5.69 Å². The van der Waals surface area contributed by atoms with E-state index in [-0.39, 0.29) is 5.69 Å². The second-order valence-corrected chi connectivity index (χ2v) is 5.11. The number of ether oxygens (including phenoxy) is 2. The summed E-state index contributed by atoms with van der Waals surface area (Å²) in [6.07, 6.45) is 2.87. The van der Waals surface area contributed by atoms with E-state index in [0.29, 0.717) is 23.7 Å². The average Bonchev–Trinajstić information content (AvgIpc) is 3.10. The SMILES string of the molecule is O=[N+]([O-])c1ccc(-c2cnco2)c(OCCN2CCOCC2)c1. The van der Waals surface area contributed by atoms with E-state index in [2.05, 4.69) is 9.88 Å². The van der Waals surface area contributed by atoms with Crippen LogP contribution in [0.3, 0.4) is 0 Å². The number of benzene rings is 1. The molecule has 2 aromatic rings. The van der Waals surface area contributed by atoms with Crippen LogP contribution in [0.4, 0.5) is 5.69 Å². The molecule has 0 saturated carbocycles. The lowest BCUT2D eigenvalue weighted by atomic mass is 10.1. The van der Waals surface area contributed by atoms with E-state index in [1.165, 1.54) is 18.5 Å². The Kier molecular flexibility index (Phi) is 4.84. The molecule has 1 aliphatic heterocycles. The minimum Gasteiger partial charge on any atom is -0.491 e. The van der Waals surface area contributed by atoms with Crippen molar-refractivity contribution in [2.24, 2.45) is 0 Å². The number of hydrogen-bond acceptors (Lipinski definition) is 7. The van der Waals surface area contributed by atoms with Gasteiger partial charge in [0.1, 0.15) is 12.4 Å². The number of hydrogen-bond donors (Lipinski definition) is 0. The third-order valence-electron chi connectivity index (χ3n) is 3.64. The molecule has 0 radical (unpaired) electrons. The van der Waals surface area contributed by atoms with Gasteiger partial charge in [0.2, 0.25) is 0 Å². The highest BCUT2D eigenvalue weighted by Crippen LogP contribution is 2.33. The molecule has 1 aliphatic rings. The van der Waals surface area contributed by atoms with Gasteiger partial charge in [-0.2, -0.15) is 0 Å². The summed E-state index contributed by atoms with van der Waals surface area (Å²) in [4.78, 5) is 16.6. The van der Waals surface area contributed by atoms with Crippen LogP contribution >= 0.6 is 0 Å². The minimum atomic E-state index is -0.445. The van der Waals surface area contributed by atoms with Crippen molar-refractivity contribution in [2.45, 2.75) is 0 Å². The van der Waals surface area contributed by atoms with Crippen molar-refractivity contribution in [3.05, 3.63) is 40.9 Å². The molecule has 0 aliphatic carbocycles. The molecule has 0 bridgehead atoms. The summed E-state index contributed by atoms with van der Waals surface area (Å²) >= 11 is 0. The topological polar surface area (TPSA) is 90.9 Å². The molecule has 23 heavy (non-hydrogen) atoms.